The molecular formula is C16H16FNO2. The molecule has 0 unspecified atom stereocenters. The summed E-state index contributed by atoms with van der Waals surface area (Å²) in [5.74, 6) is -1.19. The number of carboxylic acid groups (broad SMARTS) is 1. The van der Waals surface area contributed by atoms with Crippen LogP contribution in [0.15, 0.2) is 42.5 Å². The third-order valence-electron chi connectivity index (χ3n) is 3.17. The Hall–Kier alpha value is -2.36. The molecular weight excluding hydrogens is 257 g/mol. The third kappa shape index (κ3) is 3.35. The fourth-order valence-electron chi connectivity index (χ4n) is 2.10. The summed E-state index contributed by atoms with van der Waals surface area (Å²) in [6.07, 6.45) is 0.708. The van der Waals surface area contributed by atoms with Gasteiger partial charge in [-0.1, -0.05) is 18.2 Å². The van der Waals surface area contributed by atoms with Crippen molar-refractivity contribution in [2.45, 2.75) is 13.3 Å². The highest BCUT2D eigenvalue weighted by Crippen LogP contribution is 2.16. The minimum Gasteiger partial charge on any atom is -0.478 e. The fourth-order valence-corrected chi connectivity index (χ4v) is 2.10. The second-order valence-electron chi connectivity index (χ2n) is 4.60. The van der Waals surface area contributed by atoms with Crippen LogP contribution in [0.4, 0.5) is 10.1 Å². The second kappa shape index (κ2) is 6.19. The smallest absolute Gasteiger partial charge is 0.337 e. The van der Waals surface area contributed by atoms with Crippen LogP contribution >= 0.6 is 0 Å². The Labute approximate surface area is 117 Å². The molecule has 0 spiro atoms. The zero-order valence-electron chi connectivity index (χ0n) is 11.2. The maximum atomic E-state index is 13.0. The summed E-state index contributed by atoms with van der Waals surface area (Å²) in [4.78, 5) is 11.1. The quantitative estimate of drug-likeness (QED) is 0.876. The summed E-state index contributed by atoms with van der Waals surface area (Å²) < 4.78 is 13.0. The highest BCUT2D eigenvalue weighted by Gasteiger charge is 2.08. The average molecular weight is 273 g/mol. The Balaban J connectivity index is 2.01. The van der Waals surface area contributed by atoms with Crippen LogP contribution in [0.25, 0.3) is 0 Å². The molecule has 0 radical (unpaired) electrons. The summed E-state index contributed by atoms with van der Waals surface area (Å²) in [5.41, 5.74) is 2.80. The van der Waals surface area contributed by atoms with Gasteiger partial charge in [-0.05, 0) is 48.7 Å². The van der Waals surface area contributed by atoms with E-state index in [-0.39, 0.29) is 11.4 Å². The van der Waals surface area contributed by atoms with Crippen molar-refractivity contribution in [2.75, 3.05) is 11.9 Å². The molecule has 3 nitrogen and oxygen atoms in total. The minimum atomic E-state index is -0.953. The second-order valence-corrected chi connectivity index (χ2v) is 4.60. The number of nitrogens with one attached hydrogen (secondary N) is 1. The molecule has 0 aliphatic rings. The molecule has 2 aromatic carbocycles. The maximum absolute atomic E-state index is 13.0. The number of benzene rings is 2. The van der Waals surface area contributed by atoms with Gasteiger partial charge in [-0.25, -0.2) is 9.18 Å². The van der Waals surface area contributed by atoms with Crippen LogP contribution in [0.2, 0.25) is 0 Å². The predicted molar refractivity (Wildman–Crippen MR) is 76.7 cm³/mol. The highest BCUT2D eigenvalue weighted by molar-refractivity contribution is 5.94. The number of anilines is 1. The number of carboxylic acids is 1. The number of halogens is 1. The Bertz CT molecular complexity index is 626. The molecule has 0 amide bonds. The molecule has 0 atom stereocenters. The number of hydrogen-bond donors (Lipinski definition) is 2. The lowest BCUT2D eigenvalue weighted by Crippen LogP contribution is -2.10. The van der Waals surface area contributed by atoms with Crippen molar-refractivity contribution < 1.29 is 14.3 Å². The first-order valence-electron chi connectivity index (χ1n) is 6.39. The van der Waals surface area contributed by atoms with Crippen LogP contribution in [0.5, 0.6) is 0 Å². The Morgan fingerprint density at radius 1 is 1.25 bits per heavy atom. The van der Waals surface area contributed by atoms with Gasteiger partial charge in [0.1, 0.15) is 5.82 Å². The largest absolute Gasteiger partial charge is 0.478 e. The lowest BCUT2D eigenvalue weighted by Gasteiger charge is -2.10. The van der Waals surface area contributed by atoms with Crippen LogP contribution in [0.3, 0.4) is 0 Å². The van der Waals surface area contributed by atoms with Crippen molar-refractivity contribution in [3.63, 3.8) is 0 Å². The molecule has 0 bridgehead atoms. The van der Waals surface area contributed by atoms with Gasteiger partial charge in [-0.2, -0.15) is 0 Å². The van der Waals surface area contributed by atoms with E-state index < -0.39 is 5.97 Å². The SMILES string of the molecule is Cc1cc(F)ccc1CCNc1ccccc1C(=O)O. The lowest BCUT2D eigenvalue weighted by molar-refractivity contribution is 0.0698. The van der Waals surface area contributed by atoms with Crippen molar-refractivity contribution in [3.05, 3.63) is 65.0 Å². The van der Waals surface area contributed by atoms with Gasteiger partial charge in [0.2, 0.25) is 0 Å². The summed E-state index contributed by atoms with van der Waals surface area (Å²) in [7, 11) is 0. The number of hydrogen-bond acceptors (Lipinski definition) is 2. The number of aryl methyl sites for hydroxylation is 1. The van der Waals surface area contributed by atoms with E-state index in [1.54, 1.807) is 30.3 Å². The first kappa shape index (κ1) is 14.1. The van der Waals surface area contributed by atoms with Crippen molar-refractivity contribution in [1.29, 1.82) is 0 Å². The van der Waals surface area contributed by atoms with E-state index in [2.05, 4.69) is 5.32 Å². The summed E-state index contributed by atoms with van der Waals surface area (Å²) in [6, 6.07) is 11.5. The number of para-hydroxylation sites is 1. The zero-order chi connectivity index (χ0) is 14.5. The lowest BCUT2D eigenvalue weighted by atomic mass is 10.1. The van der Waals surface area contributed by atoms with Gasteiger partial charge in [-0.15, -0.1) is 0 Å². The van der Waals surface area contributed by atoms with E-state index >= 15 is 0 Å². The Morgan fingerprint density at radius 3 is 2.70 bits per heavy atom. The van der Waals surface area contributed by atoms with Crippen LogP contribution in [-0.2, 0) is 6.42 Å². The zero-order valence-corrected chi connectivity index (χ0v) is 11.2. The van der Waals surface area contributed by atoms with E-state index in [1.807, 2.05) is 6.92 Å². The highest BCUT2D eigenvalue weighted by atomic mass is 19.1. The van der Waals surface area contributed by atoms with Gasteiger partial charge in [0.25, 0.3) is 0 Å². The molecule has 0 saturated heterocycles. The average Bonchev–Trinajstić information content (AvgIpc) is 2.41. The predicted octanol–water partition coefficient (Wildman–Crippen LogP) is 3.49. The normalized spacial score (nSPS) is 10.3. The van der Waals surface area contributed by atoms with Gasteiger partial charge in [0, 0.05) is 12.2 Å². The molecule has 104 valence electrons. The fraction of sp³-hybridized carbons (Fsp3) is 0.188. The van der Waals surface area contributed by atoms with Gasteiger partial charge >= 0.3 is 5.97 Å². The van der Waals surface area contributed by atoms with E-state index in [1.165, 1.54) is 12.1 Å². The molecule has 0 aliphatic heterocycles. The Kier molecular flexibility index (Phi) is 4.35. The summed E-state index contributed by atoms with van der Waals surface area (Å²) in [5, 5.41) is 12.2. The monoisotopic (exact) mass is 273 g/mol. The number of carbonyl (C=O) groups is 1. The van der Waals surface area contributed by atoms with Crippen LogP contribution in [-0.4, -0.2) is 17.6 Å². The van der Waals surface area contributed by atoms with Crippen molar-refractivity contribution in [2.24, 2.45) is 0 Å². The Morgan fingerprint density at radius 2 is 2.00 bits per heavy atom. The van der Waals surface area contributed by atoms with E-state index in [9.17, 15) is 9.18 Å². The van der Waals surface area contributed by atoms with Crippen LogP contribution in [0, 0.1) is 12.7 Å². The molecule has 0 aromatic heterocycles. The van der Waals surface area contributed by atoms with Crippen LogP contribution in [0.1, 0.15) is 21.5 Å². The van der Waals surface area contributed by atoms with Crippen LogP contribution < -0.4 is 5.32 Å². The molecule has 0 heterocycles. The van der Waals surface area contributed by atoms with Crippen molar-refractivity contribution in [1.82, 2.24) is 0 Å². The van der Waals surface area contributed by atoms with E-state index in [0.717, 1.165) is 11.1 Å². The molecule has 0 aliphatic carbocycles. The third-order valence-corrected chi connectivity index (χ3v) is 3.17. The van der Waals surface area contributed by atoms with E-state index in [0.29, 0.717) is 18.7 Å². The molecule has 2 rings (SSSR count). The van der Waals surface area contributed by atoms with Gasteiger partial charge in [0.05, 0.1) is 5.56 Å². The molecule has 4 heteroatoms. The van der Waals surface area contributed by atoms with Gasteiger partial charge < -0.3 is 10.4 Å². The maximum Gasteiger partial charge on any atom is 0.337 e. The first-order valence-corrected chi connectivity index (χ1v) is 6.39. The molecule has 0 saturated carbocycles. The standard InChI is InChI=1S/C16H16FNO2/c1-11-10-13(17)7-6-12(11)8-9-18-15-5-3-2-4-14(15)16(19)20/h2-7,10,18H,8-9H2,1H3,(H,19,20). The molecule has 2 N–H and O–H groups in total. The summed E-state index contributed by atoms with van der Waals surface area (Å²) in [6.45, 7) is 2.46. The van der Waals surface area contributed by atoms with Crippen molar-refractivity contribution in [3.8, 4) is 0 Å². The first-order chi connectivity index (χ1) is 9.58. The molecule has 20 heavy (non-hydrogen) atoms. The molecule has 0 fully saturated rings. The number of rotatable bonds is 5. The molecule has 2 aromatic rings. The van der Waals surface area contributed by atoms with Gasteiger partial charge in [0.15, 0.2) is 0 Å². The topological polar surface area (TPSA) is 49.3 Å². The minimum absolute atomic E-state index is 0.240. The van der Waals surface area contributed by atoms with E-state index in [4.69, 9.17) is 5.11 Å². The van der Waals surface area contributed by atoms with Gasteiger partial charge in [-0.3, -0.25) is 0 Å². The number of aromatic carboxylic acids is 1. The summed E-state index contributed by atoms with van der Waals surface area (Å²) >= 11 is 0. The van der Waals surface area contributed by atoms with Crippen molar-refractivity contribution >= 4 is 11.7 Å².